The highest BCUT2D eigenvalue weighted by Crippen LogP contribution is 2.31. The SMILES string of the molecule is CCCCc1ccc(C(=O)N[C@@H]2COCC23C(=O)NC(=O)NC3=O)cc1. The Hall–Kier alpha value is -2.74. The molecule has 0 saturated carbocycles. The number of ether oxygens (including phenoxy) is 1. The molecule has 2 fully saturated rings. The van der Waals surface area contributed by atoms with E-state index in [1.54, 1.807) is 12.1 Å². The molecular formula is C18H21N3O5. The largest absolute Gasteiger partial charge is 0.378 e. The van der Waals surface area contributed by atoms with Crippen molar-refractivity contribution in [3.05, 3.63) is 35.4 Å². The van der Waals surface area contributed by atoms with Gasteiger partial charge in [0.15, 0.2) is 5.41 Å². The van der Waals surface area contributed by atoms with Gasteiger partial charge in [-0.05, 0) is 30.5 Å². The summed E-state index contributed by atoms with van der Waals surface area (Å²) in [6.07, 6.45) is 3.13. The summed E-state index contributed by atoms with van der Waals surface area (Å²) in [4.78, 5) is 48.4. The van der Waals surface area contributed by atoms with Gasteiger partial charge in [0.05, 0.1) is 19.3 Å². The van der Waals surface area contributed by atoms with Gasteiger partial charge in [0.2, 0.25) is 11.8 Å². The number of amides is 5. The molecule has 8 heteroatoms. The molecule has 3 N–H and O–H groups in total. The highest BCUT2D eigenvalue weighted by molar-refractivity contribution is 6.20. The Morgan fingerprint density at radius 3 is 2.46 bits per heavy atom. The topological polar surface area (TPSA) is 114 Å². The Kier molecular flexibility index (Phi) is 5.03. The number of imide groups is 2. The van der Waals surface area contributed by atoms with E-state index in [1.807, 2.05) is 12.1 Å². The quantitative estimate of drug-likeness (QED) is 0.663. The van der Waals surface area contributed by atoms with E-state index in [1.165, 1.54) is 0 Å². The summed E-state index contributed by atoms with van der Waals surface area (Å²) in [7, 11) is 0. The lowest BCUT2D eigenvalue weighted by molar-refractivity contribution is -0.145. The standard InChI is InChI=1S/C18H21N3O5/c1-2-3-4-11-5-7-12(8-6-11)14(22)19-13-9-26-10-18(13)15(23)20-17(25)21-16(18)24/h5-8,13H,2-4,9-10H2,1H3,(H,19,22)(H2,20,21,23,24,25)/t13-/m1/s1. The van der Waals surface area contributed by atoms with Crippen LogP contribution < -0.4 is 16.0 Å². The highest BCUT2D eigenvalue weighted by atomic mass is 16.5. The molecule has 0 aliphatic carbocycles. The summed E-state index contributed by atoms with van der Waals surface area (Å²) in [6, 6.07) is 5.49. The Balaban J connectivity index is 1.73. The molecule has 1 aromatic rings. The van der Waals surface area contributed by atoms with E-state index in [2.05, 4.69) is 22.9 Å². The Morgan fingerprint density at radius 1 is 1.19 bits per heavy atom. The molecule has 3 rings (SSSR count). The van der Waals surface area contributed by atoms with Gasteiger partial charge in [0.1, 0.15) is 0 Å². The average molecular weight is 359 g/mol. The summed E-state index contributed by atoms with van der Waals surface area (Å²) >= 11 is 0. The zero-order valence-electron chi connectivity index (χ0n) is 14.5. The summed E-state index contributed by atoms with van der Waals surface area (Å²) in [6.45, 7) is 1.93. The van der Waals surface area contributed by atoms with Gasteiger partial charge < -0.3 is 10.1 Å². The van der Waals surface area contributed by atoms with Crippen molar-refractivity contribution < 1.29 is 23.9 Å². The number of hydrogen-bond acceptors (Lipinski definition) is 5. The van der Waals surface area contributed by atoms with Gasteiger partial charge in [-0.25, -0.2) is 4.79 Å². The maximum Gasteiger partial charge on any atom is 0.328 e. The summed E-state index contributed by atoms with van der Waals surface area (Å²) < 4.78 is 5.28. The fourth-order valence-electron chi connectivity index (χ4n) is 3.20. The molecule has 138 valence electrons. The molecule has 1 atom stereocenters. The normalized spacial score (nSPS) is 21.4. The number of barbiturate groups is 1. The minimum Gasteiger partial charge on any atom is -0.378 e. The van der Waals surface area contributed by atoms with Crippen molar-refractivity contribution in [3.8, 4) is 0 Å². The number of urea groups is 1. The number of carbonyl (C=O) groups excluding carboxylic acids is 4. The number of carbonyl (C=O) groups is 4. The van der Waals surface area contributed by atoms with Crippen molar-refractivity contribution in [1.82, 2.24) is 16.0 Å². The van der Waals surface area contributed by atoms with Crippen molar-refractivity contribution >= 4 is 23.8 Å². The van der Waals surface area contributed by atoms with Crippen LogP contribution in [0.15, 0.2) is 24.3 Å². The highest BCUT2D eigenvalue weighted by Gasteiger charge is 2.59. The van der Waals surface area contributed by atoms with Crippen LogP contribution in [-0.4, -0.2) is 43.0 Å². The zero-order chi connectivity index (χ0) is 18.7. The predicted molar refractivity (Wildman–Crippen MR) is 91.2 cm³/mol. The van der Waals surface area contributed by atoms with Crippen molar-refractivity contribution in [3.63, 3.8) is 0 Å². The molecular weight excluding hydrogens is 338 g/mol. The molecule has 0 aromatic heterocycles. The molecule has 0 radical (unpaired) electrons. The number of rotatable bonds is 5. The van der Waals surface area contributed by atoms with Gasteiger partial charge >= 0.3 is 6.03 Å². The van der Waals surface area contributed by atoms with Crippen LogP contribution in [0.1, 0.15) is 35.7 Å². The van der Waals surface area contributed by atoms with Gasteiger partial charge in [-0.2, -0.15) is 0 Å². The van der Waals surface area contributed by atoms with Crippen LogP contribution in [0.5, 0.6) is 0 Å². The number of benzene rings is 1. The van der Waals surface area contributed by atoms with Crippen LogP contribution in [-0.2, 0) is 20.7 Å². The third-order valence-electron chi connectivity index (χ3n) is 4.81. The number of aryl methyl sites for hydroxylation is 1. The van der Waals surface area contributed by atoms with E-state index in [-0.39, 0.29) is 13.2 Å². The second-order valence-corrected chi connectivity index (χ2v) is 6.55. The van der Waals surface area contributed by atoms with Crippen LogP contribution >= 0.6 is 0 Å². The molecule has 26 heavy (non-hydrogen) atoms. The minimum atomic E-state index is -1.63. The fraction of sp³-hybridized carbons (Fsp3) is 0.444. The third kappa shape index (κ3) is 3.20. The van der Waals surface area contributed by atoms with Gasteiger partial charge in [-0.3, -0.25) is 25.0 Å². The van der Waals surface area contributed by atoms with Gasteiger partial charge in [-0.1, -0.05) is 25.5 Å². The number of hydrogen-bond donors (Lipinski definition) is 3. The van der Waals surface area contributed by atoms with E-state index in [0.29, 0.717) is 5.56 Å². The Labute approximate surface area is 150 Å². The molecule has 2 heterocycles. The smallest absolute Gasteiger partial charge is 0.328 e. The van der Waals surface area contributed by atoms with Gasteiger partial charge in [-0.15, -0.1) is 0 Å². The first-order chi connectivity index (χ1) is 12.5. The van der Waals surface area contributed by atoms with Gasteiger partial charge in [0, 0.05) is 5.56 Å². The molecule has 0 bridgehead atoms. The van der Waals surface area contributed by atoms with Gasteiger partial charge in [0.25, 0.3) is 5.91 Å². The van der Waals surface area contributed by atoms with E-state index in [9.17, 15) is 19.2 Å². The summed E-state index contributed by atoms with van der Waals surface area (Å²) in [5.41, 5.74) is -0.0569. The Bertz CT molecular complexity index is 724. The molecule has 5 amide bonds. The molecule has 2 saturated heterocycles. The first-order valence-corrected chi connectivity index (χ1v) is 8.62. The average Bonchev–Trinajstić information content (AvgIpc) is 3.03. The van der Waals surface area contributed by atoms with E-state index >= 15 is 0 Å². The molecule has 0 unspecified atom stereocenters. The first-order valence-electron chi connectivity index (χ1n) is 8.62. The molecule has 1 aromatic carbocycles. The maximum absolute atomic E-state index is 12.5. The fourth-order valence-corrected chi connectivity index (χ4v) is 3.20. The van der Waals surface area contributed by atoms with Crippen LogP contribution in [0, 0.1) is 5.41 Å². The number of unbranched alkanes of at least 4 members (excludes halogenated alkanes) is 1. The van der Waals surface area contributed by atoms with Crippen molar-refractivity contribution in [2.24, 2.45) is 5.41 Å². The molecule has 1 spiro atoms. The maximum atomic E-state index is 12.5. The van der Waals surface area contributed by atoms with Crippen molar-refractivity contribution in [1.29, 1.82) is 0 Å². The monoisotopic (exact) mass is 359 g/mol. The Morgan fingerprint density at radius 2 is 1.85 bits per heavy atom. The van der Waals surface area contributed by atoms with Crippen molar-refractivity contribution in [2.45, 2.75) is 32.2 Å². The zero-order valence-corrected chi connectivity index (χ0v) is 14.5. The van der Waals surface area contributed by atoms with Crippen LogP contribution in [0.3, 0.4) is 0 Å². The van der Waals surface area contributed by atoms with Crippen LogP contribution in [0.4, 0.5) is 4.79 Å². The lowest BCUT2D eigenvalue weighted by Gasteiger charge is -2.33. The second kappa shape index (κ2) is 7.25. The lowest BCUT2D eigenvalue weighted by atomic mass is 9.79. The minimum absolute atomic E-state index is 0.00928. The van der Waals surface area contributed by atoms with Crippen LogP contribution in [0.2, 0.25) is 0 Å². The predicted octanol–water partition coefficient (Wildman–Crippen LogP) is 0.510. The summed E-state index contributed by atoms with van der Waals surface area (Å²) in [5, 5.41) is 6.84. The lowest BCUT2D eigenvalue weighted by Crippen LogP contribution is -2.68. The number of nitrogens with one attached hydrogen (secondary N) is 3. The third-order valence-corrected chi connectivity index (χ3v) is 4.81. The summed E-state index contributed by atoms with van der Waals surface area (Å²) in [5.74, 6) is -1.92. The van der Waals surface area contributed by atoms with Crippen molar-refractivity contribution in [2.75, 3.05) is 13.2 Å². The molecule has 2 aliphatic rings. The molecule has 2 aliphatic heterocycles. The van der Waals surface area contributed by atoms with E-state index in [0.717, 1.165) is 24.8 Å². The van der Waals surface area contributed by atoms with E-state index < -0.39 is 35.2 Å². The van der Waals surface area contributed by atoms with E-state index in [4.69, 9.17) is 4.74 Å². The molecule has 8 nitrogen and oxygen atoms in total. The first kappa shape index (κ1) is 18.1. The van der Waals surface area contributed by atoms with Crippen LogP contribution in [0.25, 0.3) is 0 Å². The second-order valence-electron chi connectivity index (χ2n) is 6.55.